The topological polar surface area (TPSA) is 42.1 Å². The summed E-state index contributed by atoms with van der Waals surface area (Å²) in [6.45, 7) is 1.92. The van der Waals surface area contributed by atoms with Gasteiger partial charge in [-0.15, -0.1) is 0 Å². The van der Waals surface area contributed by atoms with Gasteiger partial charge < -0.3 is 9.72 Å². The van der Waals surface area contributed by atoms with E-state index in [2.05, 4.69) is 25.7 Å². The number of hydrogen-bond donors (Lipinski definition) is 1. The second-order valence-electron chi connectivity index (χ2n) is 4.44. The van der Waals surface area contributed by atoms with Crippen molar-refractivity contribution in [1.29, 1.82) is 0 Å². The van der Waals surface area contributed by atoms with E-state index in [0.29, 0.717) is 24.6 Å². The second-order valence-corrected chi connectivity index (χ2v) is 5.29. The molecule has 0 radical (unpaired) electrons. The first-order valence-electron chi connectivity index (χ1n) is 6.06. The quantitative estimate of drug-likeness (QED) is 0.866. The van der Waals surface area contributed by atoms with Crippen LogP contribution < -0.4 is 0 Å². The van der Waals surface area contributed by atoms with Crippen LogP contribution in [0.2, 0.25) is 0 Å². The lowest BCUT2D eigenvalue weighted by molar-refractivity contribution is -0.140. The summed E-state index contributed by atoms with van der Waals surface area (Å²) in [5, 5.41) is 0.608. The lowest BCUT2D eigenvalue weighted by Crippen LogP contribution is -2.01. The molecule has 1 aromatic carbocycles. The zero-order chi connectivity index (χ0) is 14.0. The number of fused-ring (bicyclic) bond motifs is 1. The molecule has 0 fully saturated rings. The Bertz CT molecular complexity index is 621. The highest BCUT2D eigenvalue weighted by Crippen LogP contribution is 2.31. The Morgan fingerprint density at radius 3 is 2.89 bits per heavy atom. The first-order valence-corrected chi connectivity index (χ1v) is 6.86. The van der Waals surface area contributed by atoms with Gasteiger partial charge in [0.25, 0.3) is 0 Å². The third kappa shape index (κ3) is 2.81. The summed E-state index contributed by atoms with van der Waals surface area (Å²) < 4.78 is 19.4. The molecule has 0 saturated carbocycles. The van der Waals surface area contributed by atoms with Crippen molar-refractivity contribution in [3.8, 4) is 0 Å². The number of aryl methyl sites for hydroxylation is 2. The highest BCUT2D eigenvalue weighted by molar-refractivity contribution is 9.10. The lowest BCUT2D eigenvalue weighted by Gasteiger charge is -2.02. The van der Waals surface area contributed by atoms with Gasteiger partial charge >= 0.3 is 5.97 Å². The van der Waals surface area contributed by atoms with Crippen molar-refractivity contribution < 1.29 is 13.9 Å². The van der Waals surface area contributed by atoms with E-state index < -0.39 is 0 Å². The second kappa shape index (κ2) is 5.74. The lowest BCUT2D eigenvalue weighted by atomic mass is 10.0. The average molecular weight is 328 g/mol. The van der Waals surface area contributed by atoms with E-state index >= 15 is 0 Å². The van der Waals surface area contributed by atoms with Crippen molar-refractivity contribution >= 4 is 32.8 Å². The molecular weight excluding hydrogens is 313 g/mol. The van der Waals surface area contributed by atoms with Crippen LogP contribution in [0.15, 0.2) is 16.6 Å². The van der Waals surface area contributed by atoms with Crippen LogP contribution in [0.4, 0.5) is 4.39 Å². The van der Waals surface area contributed by atoms with Crippen molar-refractivity contribution in [2.24, 2.45) is 0 Å². The standard InChI is InChI=1S/C14H15BrFNO2/c1-8-9(4-3-5-12(18)19-2)13-11(16)7-6-10(15)14(13)17-8/h6-7,17H,3-5H2,1-2H3. The van der Waals surface area contributed by atoms with Crippen LogP contribution in [-0.4, -0.2) is 18.1 Å². The number of rotatable bonds is 4. The van der Waals surface area contributed by atoms with Crippen molar-refractivity contribution in [3.63, 3.8) is 0 Å². The number of ether oxygens (including phenoxy) is 1. The van der Waals surface area contributed by atoms with Crippen LogP contribution in [0.3, 0.4) is 0 Å². The number of benzene rings is 1. The van der Waals surface area contributed by atoms with Crippen LogP contribution in [0.1, 0.15) is 24.1 Å². The summed E-state index contributed by atoms with van der Waals surface area (Å²) in [5.74, 6) is -0.477. The first kappa shape index (κ1) is 14.1. The van der Waals surface area contributed by atoms with Crippen molar-refractivity contribution in [2.45, 2.75) is 26.2 Å². The van der Waals surface area contributed by atoms with E-state index in [-0.39, 0.29) is 11.8 Å². The maximum atomic E-state index is 14.0. The Kier molecular flexibility index (Phi) is 4.24. The summed E-state index contributed by atoms with van der Waals surface area (Å²) >= 11 is 3.41. The molecule has 5 heteroatoms. The van der Waals surface area contributed by atoms with E-state index in [4.69, 9.17) is 0 Å². The van der Waals surface area contributed by atoms with Crippen molar-refractivity contribution in [3.05, 3.63) is 33.7 Å². The Morgan fingerprint density at radius 2 is 2.21 bits per heavy atom. The van der Waals surface area contributed by atoms with Gasteiger partial charge in [0.05, 0.1) is 12.6 Å². The maximum Gasteiger partial charge on any atom is 0.305 e. The third-order valence-corrected chi connectivity index (χ3v) is 3.87. The normalized spacial score (nSPS) is 10.9. The number of hydrogen-bond acceptors (Lipinski definition) is 2. The molecule has 0 aliphatic rings. The first-order chi connectivity index (χ1) is 9.04. The van der Waals surface area contributed by atoms with E-state index in [1.807, 2.05) is 6.92 Å². The molecule has 2 aromatic rings. The fraction of sp³-hybridized carbons (Fsp3) is 0.357. The van der Waals surface area contributed by atoms with Gasteiger partial charge in [0.2, 0.25) is 0 Å². The Hall–Kier alpha value is -1.36. The van der Waals surface area contributed by atoms with E-state index in [1.54, 1.807) is 6.07 Å². The van der Waals surface area contributed by atoms with Crippen LogP contribution in [0.5, 0.6) is 0 Å². The molecule has 1 N–H and O–H groups in total. The minimum absolute atomic E-state index is 0.237. The number of aromatic nitrogens is 1. The summed E-state index contributed by atoms with van der Waals surface area (Å²) in [4.78, 5) is 14.3. The van der Waals surface area contributed by atoms with Crippen molar-refractivity contribution in [1.82, 2.24) is 4.98 Å². The number of halogens is 2. The number of aromatic amines is 1. The van der Waals surface area contributed by atoms with Gasteiger partial charge in [0.1, 0.15) is 5.82 Å². The monoisotopic (exact) mass is 327 g/mol. The molecule has 0 saturated heterocycles. The molecule has 0 amide bonds. The minimum Gasteiger partial charge on any atom is -0.469 e. The van der Waals surface area contributed by atoms with Crippen LogP contribution >= 0.6 is 15.9 Å². The largest absolute Gasteiger partial charge is 0.469 e. The number of H-pyrrole nitrogens is 1. The molecule has 0 spiro atoms. The van der Waals surface area contributed by atoms with Crippen LogP contribution in [0.25, 0.3) is 10.9 Å². The predicted molar refractivity (Wildman–Crippen MR) is 75.6 cm³/mol. The van der Waals surface area contributed by atoms with Gasteiger partial charge in [-0.3, -0.25) is 4.79 Å². The summed E-state index contributed by atoms with van der Waals surface area (Å²) in [5.41, 5.74) is 2.63. The number of methoxy groups -OCH3 is 1. The Morgan fingerprint density at radius 1 is 1.47 bits per heavy atom. The van der Waals surface area contributed by atoms with Gasteiger partial charge in [-0.2, -0.15) is 0 Å². The number of nitrogens with one attached hydrogen (secondary N) is 1. The molecule has 1 aromatic heterocycles. The van der Waals surface area contributed by atoms with Gasteiger partial charge in [-0.1, -0.05) is 0 Å². The van der Waals surface area contributed by atoms with Gasteiger partial charge in [-0.25, -0.2) is 4.39 Å². The minimum atomic E-state index is -0.240. The highest BCUT2D eigenvalue weighted by Gasteiger charge is 2.15. The number of carbonyl (C=O) groups is 1. The van der Waals surface area contributed by atoms with E-state index in [1.165, 1.54) is 13.2 Å². The van der Waals surface area contributed by atoms with Crippen LogP contribution in [-0.2, 0) is 16.0 Å². The number of carbonyl (C=O) groups excluding carboxylic acids is 1. The Balaban J connectivity index is 2.30. The predicted octanol–water partition coefficient (Wildman–Crippen LogP) is 3.87. The molecule has 2 rings (SSSR count). The zero-order valence-corrected chi connectivity index (χ0v) is 12.4. The molecule has 0 unspecified atom stereocenters. The van der Waals surface area contributed by atoms with Crippen LogP contribution in [0, 0.1) is 12.7 Å². The van der Waals surface area contributed by atoms with Crippen molar-refractivity contribution in [2.75, 3.05) is 7.11 Å². The molecule has 0 bridgehead atoms. The highest BCUT2D eigenvalue weighted by atomic mass is 79.9. The molecule has 102 valence electrons. The zero-order valence-electron chi connectivity index (χ0n) is 10.8. The molecule has 0 aliphatic heterocycles. The molecule has 0 atom stereocenters. The summed E-state index contributed by atoms with van der Waals surface area (Å²) in [6.07, 6.45) is 1.64. The van der Waals surface area contributed by atoms with E-state index in [0.717, 1.165) is 21.2 Å². The summed E-state index contributed by atoms with van der Waals surface area (Å²) in [7, 11) is 1.37. The van der Waals surface area contributed by atoms with Gasteiger partial charge in [0.15, 0.2) is 0 Å². The van der Waals surface area contributed by atoms with E-state index in [9.17, 15) is 9.18 Å². The summed E-state index contributed by atoms with van der Waals surface area (Å²) in [6, 6.07) is 3.13. The third-order valence-electron chi connectivity index (χ3n) is 3.21. The molecule has 19 heavy (non-hydrogen) atoms. The average Bonchev–Trinajstić information content (AvgIpc) is 2.72. The van der Waals surface area contributed by atoms with Gasteiger partial charge in [-0.05, 0) is 53.4 Å². The molecule has 3 nitrogen and oxygen atoms in total. The number of esters is 1. The van der Waals surface area contributed by atoms with Gasteiger partial charge in [0, 0.05) is 22.0 Å². The maximum absolute atomic E-state index is 14.0. The molecule has 1 heterocycles. The SMILES string of the molecule is COC(=O)CCCc1c(C)[nH]c2c(Br)ccc(F)c12. The fourth-order valence-corrected chi connectivity index (χ4v) is 2.67. The Labute approximate surface area is 119 Å². The smallest absolute Gasteiger partial charge is 0.305 e. The fourth-order valence-electron chi connectivity index (χ4n) is 2.24. The molecular formula is C14H15BrFNO2. The molecule has 0 aliphatic carbocycles.